The summed E-state index contributed by atoms with van der Waals surface area (Å²) in [6.07, 6.45) is 2.18. The number of halogens is 1. The zero-order valence-electron chi connectivity index (χ0n) is 12.5. The van der Waals surface area contributed by atoms with Crippen LogP contribution < -0.4 is 0 Å². The highest BCUT2D eigenvalue weighted by atomic mass is 35.5. The minimum atomic E-state index is 0. The quantitative estimate of drug-likeness (QED) is 0.702. The second kappa shape index (κ2) is 6.79. The van der Waals surface area contributed by atoms with E-state index in [0.717, 1.165) is 13.1 Å². The molecule has 21 heavy (non-hydrogen) atoms. The highest BCUT2D eigenvalue weighted by molar-refractivity contribution is 5.85. The first-order chi connectivity index (χ1) is 9.72. The molecule has 3 rings (SSSR count). The number of aromatic nitrogens is 1. The molecule has 0 aliphatic rings. The predicted octanol–water partition coefficient (Wildman–Crippen LogP) is 4.17. The van der Waals surface area contributed by atoms with Crippen molar-refractivity contribution in [2.75, 3.05) is 14.1 Å². The summed E-state index contributed by atoms with van der Waals surface area (Å²) >= 11 is 0. The fourth-order valence-electron chi connectivity index (χ4n) is 2.63. The summed E-state index contributed by atoms with van der Waals surface area (Å²) in [5.41, 5.74) is 4.00. The van der Waals surface area contributed by atoms with E-state index in [0.29, 0.717) is 0 Å². The van der Waals surface area contributed by atoms with Crippen LogP contribution in [-0.2, 0) is 13.1 Å². The summed E-state index contributed by atoms with van der Waals surface area (Å²) in [7, 11) is 4.20. The zero-order valence-corrected chi connectivity index (χ0v) is 13.3. The van der Waals surface area contributed by atoms with Crippen molar-refractivity contribution >= 4 is 23.3 Å². The Hall–Kier alpha value is -1.77. The first-order valence-corrected chi connectivity index (χ1v) is 6.99. The molecule has 0 atom stereocenters. The van der Waals surface area contributed by atoms with Crippen LogP contribution in [0.15, 0.2) is 60.8 Å². The maximum atomic E-state index is 2.31. The molecule has 0 spiro atoms. The van der Waals surface area contributed by atoms with E-state index in [4.69, 9.17) is 0 Å². The summed E-state index contributed by atoms with van der Waals surface area (Å²) in [5.74, 6) is 0. The van der Waals surface area contributed by atoms with Gasteiger partial charge in [0.15, 0.2) is 0 Å². The number of rotatable bonds is 4. The number of hydrogen-bond acceptors (Lipinski definition) is 1. The van der Waals surface area contributed by atoms with E-state index in [1.54, 1.807) is 0 Å². The third-order valence-electron chi connectivity index (χ3n) is 3.53. The van der Waals surface area contributed by atoms with E-state index >= 15 is 0 Å². The Kier molecular flexibility index (Phi) is 5.05. The average Bonchev–Trinajstić information content (AvgIpc) is 2.82. The van der Waals surface area contributed by atoms with Gasteiger partial charge in [-0.15, -0.1) is 12.4 Å². The molecule has 0 saturated carbocycles. The Morgan fingerprint density at radius 3 is 2.38 bits per heavy atom. The zero-order chi connectivity index (χ0) is 13.9. The van der Waals surface area contributed by atoms with E-state index < -0.39 is 0 Å². The van der Waals surface area contributed by atoms with Gasteiger partial charge in [0.05, 0.1) is 0 Å². The van der Waals surface area contributed by atoms with Crippen molar-refractivity contribution in [1.82, 2.24) is 9.47 Å². The van der Waals surface area contributed by atoms with E-state index in [2.05, 4.69) is 84.4 Å². The van der Waals surface area contributed by atoms with Gasteiger partial charge in [0.2, 0.25) is 0 Å². The van der Waals surface area contributed by atoms with Crippen LogP contribution in [0.25, 0.3) is 10.9 Å². The first-order valence-electron chi connectivity index (χ1n) is 6.99. The molecule has 2 nitrogen and oxygen atoms in total. The van der Waals surface area contributed by atoms with Gasteiger partial charge in [-0.25, -0.2) is 0 Å². The third-order valence-corrected chi connectivity index (χ3v) is 3.53. The van der Waals surface area contributed by atoms with Crippen molar-refractivity contribution in [2.24, 2.45) is 0 Å². The summed E-state index contributed by atoms with van der Waals surface area (Å²) in [4.78, 5) is 2.20. The molecule has 3 heteroatoms. The van der Waals surface area contributed by atoms with Crippen molar-refractivity contribution in [1.29, 1.82) is 0 Å². The molecule has 3 aromatic rings. The monoisotopic (exact) mass is 300 g/mol. The van der Waals surface area contributed by atoms with Crippen molar-refractivity contribution < 1.29 is 0 Å². The number of fused-ring (bicyclic) bond motifs is 1. The van der Waals surface area contributed by atoms with Crippen LogP contribution in [0.1, 0.15) is 11.1 Å². The summed E-state index contributed by atoms with van der Waals surface area (Å²) in [5, 5.41) is 1.32. The SMILES string of the molecule is CN(C)Cc1ccc2c(ccn2Cc2ccccc2)c1.Cl. The molecule has 1 aromatic heterocycles. The van der Waals surface area contributed by atoms with Crippen LogP contribution in [0, 0.1) is 0 Å². The van der Waals surface area contributed by atoms with Gasteiger partial charge in [0.25, 0.3) is 0 Å². The minimum absolute atomic E-state index is 0. The highest BCUT2D eigenvalue weighted by Gasteiger charge is 2.03. The molecule has 0 aliphatic heterocycles. The molecule has 0 saturated heterocycles. The van der Waals surface area contributed by atoms with Gasteiger partial charge in [-0.05, 0) is 48.8 Å². The second-order valence-electron chi connectivity index (χ2n) is 5.56. The molecular weight excluding hydrogens is 280 g/mol. The molecule has 0 aliphatic carbocycles. The van der Waals surface area contributed by atoms with Gasteiger partial charge in [0, 0.05) is 24.8 Å². The summed E-state index contributed by atoms with van der Waals surface area (Å²) in [6, 6.07) is 19.5. The van der Waals surface area contributed by atoms with E-state index in [1.807, 2.05) is 0 Å². The first kappa shape index (κ1) is 15.6. The van der Waals surface area contributed by atoms with Crippen LogP contribution in [0.3, 0.4) is 0 Å². The summed E-state index contributed by atoms with van der Waals surface area (Å²) < 4.78 is 2.31. The topological polar surface area (TPSA) is 8.17 Å². The van der Waals surface area contributed by atoms with Gasteiger partial charge >= 0.3 is 0 Å². The molecule has 0 N–H and O–H groups in total. The smallest absolute Gasteiger partial charge is 0.0483 e. The molecule has 0 unspecified atom stereocenters. The van der Waals surface area contributed by atoms with Crippen molar-refractivity contribution in [2.45, 2.75) is 13.1 Å². The summed E-state index contributed by atoms with van der Waals surface area (Å²) in [6.45, 7) is 1.91. The lowest BCUT2D eigenvalue weighted by molar-refractivity contribution is 0.403. The van der Waals surface area contributed by atoms with Crippen molar-refractivity contribution in [3.8, 4) is 0 Å². The van der Waals surface area contributed by atoms with Crippen molar-refractivity contribution in [3.05, 3.63) is 71.9 Å². The Bertz CT molecular complexity index is 702. The molecular formula is C18H21ClN2. The standard InChI is InChI=1S/C18H20N2.ClH/c1-19(2)13-16-8-9-18-17(12-16)10-11-20(18)14-15-6-4-3-5-7-15;/h3-12H,13-14H2,1-2H3;1H. The molecule has 0 bridgehead atoms. The molecule has 110 valence electrons. The second-order valence-corrected chi connectivity index (χ2v) is 5.56. The Balaban J connectivity index is 0.00000161. The highest BCUT2D eigenvalue weighted by Crippen LogP contribution is 2.19. The molecule has 2 aromatic carbocycles. The maximum Gasteiger partial charge on any atom is 0.0483 e. The number of benzene rings is 2. The fourth-order valence-corrected chi connectivity index (χ4v) is 2.63. The van der Waals surface area contributed by atoms with E-state index in [1.165, 1.54) is 22.0 Å². The van der Waals surface area contributed by atoms with Gasteiger partial charge in [-0.2, -0.15) is 0 Å². The lowest BCUT2D eigenvalue weighted by Crippen LogP contribution is -2.10. The van der Waals surface area contributed by atoms with Gasteiger partial charge in [-0.3, -0.25) is 0 Å². The van der Waals surface area contributed by atoms with Gasteiger partial charge in [0.1, 0.15) is 0 Å². The van der Waals surface area contributed by atoms with Crippen LogP contribution in [0.2, 0.25) is 0 Å². The van der Waals surface area contributed by atoms with E-state index in [9.17, 15) is 0 Å². The van der Waals surface area contributed by atoms with Crippen molar-refractivity contribution in [3.63, 3.8) is 0 Å². The van der Waals surface area contributed by atoms with E-state index in [-0.39, 0.29) is 12.4 Å². The fraction of sp³-hybridized carbons (Fsp3) is 0.222. The van der Waals surface area contributed by atoms with Gasteiger partial charge in [-0.1, -0.05) is 36.4 Å². The number of nitrogens with zero attached hydrogens (tertiary/aromatic N) is 2. The maximum absolute atomic E-state index is 2.31. The Morgan fingerprint density at radius 1 is 0.905 bits per heavy atom. The minimum Gasteiger partial charge on any atom is -0.343 e. The molecule has 0 radical (unpaired) electrons. The van der Waals surface area contributed by atoms with Crippen LogP contribution >= 0.6 is 12.4 Å². The third kappa shape index (κ3) is 3.66. The Labute approximate surface area is 132 Å². The van der Waals surface area contributed by atoms with Crippen LogP contribution in [0.5, 0.6) is 0 Å². The van der Waals surface area contributed by atoms with Crippen LogP contribution in [0.4, 0.5) is 0 Å². The molecule has 0 fully saturated rings. The normalized spacial score (nSPS) is 10.8. The Morgan fingerprint density at radius 2 is 1.67 bits per heavy atom. The lowest BCUT2D eigenvalue weighted by atomic mass is 10.1. The molecule has 1 heterocycles. The predicted molar refractivity (Wildman–Crippen MR) is 92.1 cm³/mol. The average molecular weight is 301 g/mol. The van der Waals surface area contributed by atoms with Gasteiger partial charge < -0.3 is 9.47 Å². The lowest BCUT2D eigenvalue weighted by Gasteiger charge is -2.10. The molecule has 0 amide bonds. The largest absolute Gasteiger partial charge is 0.343 e. The number of hydrogen-bond donors (Lipinski definition) is 0. The van der Waals surface area contributed by atoms with Crippen LogP contribution in [-0.4, -0.2) is 23.6 Å².